The highest BCUT2D eigenvalue weighted by molar-refractivity contribution is 7.39. The first-order valence-corrected chi connectivity index (χ1v) is 12.9. The Morgan fingerprint density at radius 1 is 1.19 bits per heavy atom. The summed E-state index contributed by atoms with van der Waals surface area (Å²) in [4.78, 5) is 26.1. The van der Waals surface area contributed by atoms with E-state index in [4.69, 9.17) is 4.42 Å². The van der Waals surface area contributed by atoms with Crippen LogP contribution in [-0.4, -0.2) is 18.5 Å². The van der Waals surface area contributed by atoms with Gasteiger partial charge in [-0.25, -0.2) is 0 Å². The molecule has 1 unspecified atom stereocenters. The van der Waals surface area contributed by atoms with Crippen molar-refractivity contribution in [3.8, 4) is 11.3 Å². The molecule has 0 fully saturated rings. The number of amides is 1. The highest BCUT2D eigenvalue weighted by Crippen LogP contribution is 2.27. The molecule has 1 aromatic carbocycles. The molecule has 0 aliphatic carbocycles. The lowest BCUT2D eigenvalue weighted by molar-refractivity contribution is -0.156. The fourth-order valence-corrected chi connectivity index (χ4v) is 5.37. The number of aryl methyl sites for hydroxylation is 1. The average molecular weight is 457 g/mol. The van der Waals surface area contributed by atoms with E-state index in [1.54, 1.807) is 17.6 Å². The average Bonchev–Trinajstić information content (AvgIpc) is 3.45. The molecule has 0 aliphatic heterocycles. The van der Waals surface area contributed by atoms with Crippen molar-refractivity contribution in [1.29, 1.82) is 0 Å². The summed E-state index contributed by atoms with van der Waals surface area (Å²) in [6, 6.07) is 15.4. The van der Waals surface area contributed by atoms with Crippen molar-refractivity contribution in [1.82, 2.24) is 5.32 Å². The van der Waals surface area contributed by atoms with Crippen LogP contribution in [0.2, 0.25) is 0 Å². The molecule has 2 atom stereocenters. The highest BCUT2D eigenvalue weighted by atomic mass is 32.1. The molecule has 1 amide bonds. The van der Waals surface area contributed by atoms with E-state index in [0.717, 1.165) is 29.0 Å². The molecule has 5 nitrogen and oxygen atoms in total. The number of nitrogens with one attached hydrogen (secondary N) is 1. The summed E-state index contributed by atoms with van der Waals surface area (Å²) < 4.78 is 9.77. The number of hydrogen-bond donors (Lipinski definition) is 1. The summed E-state index contributed by atoms with van der Waals surface area (Å²) in [6.45, 7) is 4.67. The van der Waals surface area contributed by atoms with E-state index in [1.165, 1.54) is 5.56 Å². The number of carbonyl (C=O) groups is 1. The third-order valence-corrected chi connectivity index (χ3v) is 7.08. The third-order valence-electron chi connectivity index (χ3n) is 4.84. The zero-order valence-electron chi connectivity index (χ0n) is 18.0. The minimum atomic E-state index is -1.79. The number of furan rings is 1. The Balaban J connectivity index is 1.47. The van der Waals surface area contributed by atoms with Crippen LogP contribution in [0.15, 0.2) is 69.3 Å². The van der Waals surface area contributed by atoms with E-state index in [1.807, 2.05) is 29.6 Å². The molecular formula is C24H29N2O3PS. The number of hydrogen-bond acceptors (Lipinski definition) is 5. The van der Waals surface area contributed by atoms with Crippen molar-refractivity contribution in [3.63, 3.8) is 0 Å². The van der Waals surface area contributed by atoms with Crippen LogP contribution in [0, 0.1) is 5.92 Å². The monoisotopic (exact) mass is 456 g/mol. The van der Waals surface area contributed by atoms with Crippen LogP contribution in [-0.2, 0) is 17.4 Å². The first-order chi connectivity index (χ1) is 15.0. The van der Waals surface area contributed by atoms with Gasteiger partial charge < -0.3 is 14.6 Å². The van der Waals surface area contributed by atoms with Gasteiger partial charge in [-0.15, -0.1) is 16.1 Å². The molecule has 2 heterocycles. The fraction of sp³-hybridized carbons (Fsp3) is 0.375. The van der Waals surface area contributed by atoms with Gasteiger partial charge in [-0.1, -0.05) is 44.2 Å². The Kier molecular flexibility index (Phi) is 9.01. The molecule has 0 bridgehead atoms. The van der Waals surface area contributed by atoms with Crippen molar-refractivity contribution < 1.29 is 14.1 Å². The zero-order valence-corrected chi connectivity index (χ0v) is 19.7. The van der Waals surface area contributed by atoms with Crippen LogP contribution < -0.4 is 10.2 Å². The van der Waals surface area contributed by atoms with Crippen LogP contribution in [0.1, 0.15) is 37.1 Å². The molecule has 1 N–H and O–H groups in total. The molecule has 164 valence electrons. The normalized spacial score (nSPS) is 12.8. The number of benzene rings is 1. The molecule has 3 rings (SSSR count). The third kappa shape index (κ3) is 7.73. The van der Waals surface area contributed by atoms with Crippen LogP contribution >= 0.6 is 19.3 Å². The summed E-state index contributed by atoms with van der Waals surface area (Å²) >= 11 is 1.57. The van der Waals surface area contributed by atoms with Crippen molar-refractivity contribution in [2.24, 2.45) is 10.7 Å². The topological polar surface area (TPSA) is 77.7 Å². The van der Waals surface area contributed by atoms with E-state index in [9.17, 15) is 9.69 Å². The Hall–Kier alpha value is -2.27. The number of thiophene rings is 1. The summed E-state index contributed by atoms with van der Waals surface area (Å²) in [5, 5.41) is 4.94. The second kappa shape index (κ2) is 11.9. The lowest BCUT2D eigenvalue weighted by Crippen LogP contribution is -2.35. The van der Waals surface area contributed by atoms with Gasteiger partial charge in [-0.2, -0.15) is 0 Å². The molecule has 3 aromatic rings. The molecule has 31 heavy (non-hydrogen) atoms. The van der Waals surface area contributed by atoms with Crippen LogP contribution in [0.3, 0.4) is 0 Å². The molecule has 0 saturated carbocycles. The summed E-state index contributed by atoms with van der Waals surface area (Å²) in [5.74, 6) is 1.03. The summed E-state index contributed by atoms with van der Waals surface area (Å²) in [5.41, 5.74) is 2.27. The number of nitrogens with zero attached hydrogens (tertiary/aromatic N) is 1. The lowest BCUT2D eigenvalue weighted by atomic mass is 10.0. The minimum Gasteiger partial charge on any atom is -0.612 e. The quantitative estimate of drug-likeness (QED) is 0.301. The Morgan fingerprint density at radius 3 is 2.65 bits per heavy atom. The molecule has 2 aromatic heterocycles. The smallest absolute Gasteiger partial charge is 0.248 e. The Bertz CT molecular complexity index is 951. The van der Waals surface area contributed by atoms with Gasteiger partial charge in [0.15, 0.2) is 20.1 Å². The van der Waals surface area contributed by atoms with E-state index in [2.05, 4.69) is 48.2 Å². The fourth-order valence-electron chi connectivity index (χ4n) is 3.29. The maximum Gasteiger partial charge on any atom is 0.248 e. The van der Waals surface area contributed by atoms with Gasteiger partial charge in [0, 0.05) is 12.1 Å². The number of rotatable bonds is 11. The largest absolute Gasteiger partial charge is 0.612 e. The van der Waals surface area contributed by atoms with Gasteiger partial charge in [0.2, 0.25) is 5.91 Å². The predicted octanol–water partition coefficient (Wildman–Crippen LogP) is 5.61. The Labute approximate surface area is 189 Å². The van der Waals surface area contributed by atoms with E-state index >= 15 is 0 Å². The molecular weight excluding hydrogens is 427 g/mol. The van der Waals surface area contributed by atoms with Crippen molar-refractivity contribution in [2.75, 3.05) is 6.54 Å². The van der Waals surface area contributed by atoms with E-state index < -0.39 is 14.0 Å². The van der Waals surface area contributed by atoms with Crippen LogP contribution in [0.5, 0.6) is 0 Å². The standard InChI is InChI=1S/C24H29N2O3PS/c1-18(2)16-22(26-30(28)17-21-7-5-15-31-21)24(27)25-13-3-6-19-9-11-20(12-10-19)23-8-4-14-29-23/h4-5,7-12,14-15,18,22H,3,6,13,16-17H2,1-2H3,(H,25,27)/t22-/m0/s1. The number of carbonyl (C=O) groups excluding carboxylic acids is 1. The molecule has 0 saturated heterocycles. The van der Waals surface area contributed by atoms with Gasteiger partial charge in [0.25, 0.3) is 0 Å². The lowest BCUT2D eigenvalue weighted by Gasteiger charge is -2.13. The maximum atomic E-state index is 12.7. The predicted molar refractivity (Wildman–Crippen MR) is 126 cm³/mol. The van der Waals surface area contributed by atoms with Crippen LogP contribution in [0.4, 0.5) is 0 Å². The van der Waals surface area contributed by atoms with E-state index in [0.29, 0.717) is 25.0 Å². The second-order valence-electron chi connectivity index (χ2n) is 7.92. The van der Waals surface area contributed by atoms with E-state index in [-0.39, 0.29) is 5.91 Å². The minimum absolute atomic E-state index is 0.128. The maximum absolute atomic E-state index is 12.7. The van der Waals surface area contributed by atoms with Gasteiger partial charge in [0.05, 0.1) is 11.1 Å². The molecule has 0 radical (unpaired) electrons. The summed E-state index contributed by atoms with van der Waals surface area (Å²) in [6.07, 6.45) is 4.39. The zero-order chi connectivity index (χ0) is 22.1. The van der Waals surface area contributed by atoms with Crippen molar-refractivity contribution in [3.05, 3.63) is 70.6 Å². The van der Waals surface area contributed by atoms with Crippen molar-refractivity contribution in [2.45, 2.75) is 45.3 Å². The first-order valence-electron chi connectivity index (χ1n) is 10.6. The van der Waals surface area contributed by atoms with Crippen molar-refractivity contribution >= 4 is 25.2 Å². The van der Waals surface area contributed by atoms with Crippen LogP contribution in [0.25, 0.3) is 11.3 Å². The second-order valence-corrected chi connectivity index (χ2v) is 10.2. The Morgan fingerprint density at radius 2 is 2.00 bits per heavy atom. The van der Waals surface area contributed by atoms with Gasteiger partial charge in [-0.05, 0) is 54.3 Å². The van der Waals surface area contributed by atoms with Gasteiger partial charge in [-0.3, -0.25) is 4.79 Å². The first kappa shape index (κ1) is 23.4. The molecule has 0 spiro atoms. The molecule has 0 aliphatic rings. The SMILES string of the molecule is CC(C)C[C@H](N=[P+]([O-])Cc1cccs1)C(=O)NCCCc1ccc(-c2ccco2)cc1. The van der Waals surface area contributed by atoms with Gasteiger partial charge >= 0.3 is 0 Å². The van der Waals surface area contributed by atoms with Gasteiger partial charge in [0.1, 0.15) is 5.76 Å². The summed E-state index contributed by atoms with van der Waals surface area (Å²) in [7, 11) is -1.79. The molecule has 7 heteroatoms. The highest BCUT2D eigenvalue weighted by Gasteiger charge is 2.22.